The molecule has 20 heavy (non-hydrogen) atoms. The Bertz CT molecular complexity index is 697. The lowest BCUT2D eigenvalue weighted by Gasteiger charge is -2.21. The molecule has 0 saturated heterocycles. The zero-order chi connectivity index (χ0) is 14.1. The number of rotatable bonds is 1. The topological polar surface area (TPSA) is 62.3 Å². The van der Waals surface area contributed by atoms with Crippen LogP contribution in [0.3, 0.4) is 0 Å². The standard InChI is InChI=1S/C15H13N3O2/c1-10(20)18-8-12-3-2-6-16-15(12)17-13-5-4-11(9-19)7-14(13)18/h2-7,9H,8H2,1H3,(H,16,17). The molecule has 3 rings (SSSR count). The molecule has 0 fully saturated rings. The highest BCUT2D eigenvalue weighted by Crippen LogP contribution is 2.35. The lowest BCUT2D eigenvalue weighted by molar-refractivity contribution is -0.116. The number of aldehydes is 1. The summed E-state index contributed by atoms with van der Waals surface area (Å²) in [5.74, 6) is 0.657. The number of aromatic nitrogens is 1. The van der Waals surface area contributed by atoms with Gasteiger partial charge < -0.3 is 10.2 Å². The third-order valence-corrected chi connectivity index (χ3v) is 3.30. The molecular weight excluding hydrogens is 254 g/mol. The van der Waals surface area contributed by atoms with Gasteiger partial charge in [0.1, 0.15) is 12.1 Å². The van der Waals surface area contributed by atoms with Crippen LogP contribution in [0, 0.1) is 0 Å². The minimum atomic E-state index is -0.0761. The molecule has 1 aromatic heterocycles. The smallest absolute Gasteiger partial charge is 0.224 e. The van der Waals surface area contributed by atoms with Crippen molar-refractivity contribution in [3.8, 4) is 0 Å². The number of nitrogens with one attached hydrogen (secondary N) is 1. The van der Waals surface area contributed by atoms with E-state index in [1.165, 1.54) is 6.92 Å². The van der Waals surface area contributed by atoms with Crippen LogP contribution >= 0.6 is 0 Å². The molecule has 1 aliphatic heterocycles. The molecule has 0 bridgehead atoms. The average Bonchev–Trinajstić information content (AvgIpc) is 2.62. The molecule has 0 atom stereocenters. The maximum Gasteiger partial charge on any atom is 0.224 e. The Morgan fingerprint density at radius 1 is 1.40 bits per heavy atom. The van der Waals surface area contributed by atoms with Gasteiger partial charge in [0, 0.05) is 24.2 Å². The van der Waals surface area contributed by atoms with Gasteiger partial charge in [-0.2, -0.15) is 0 Å². The molecule has 0 saturated carbocycles. The molecule has 0 radical (unpaired) electrons. The second-order valence-corrected chi connectivity index (χ2v) is 4.64. The highest BCUT2D eigenvalue weighted by atomic mass is 16.2. The Kier molecular flexibility index (Phi) is 2.95. The highest BCUT2D eigenvalue weighted by molar-refractivity contribution is 5.98. The van der Waals surface area contributed by atoms with Crippen molar-refractivity contribution in [3.05, 3.63) is 47.7 Å². The second kappa shape index (κ2) is 4.77. The highest BCUT2D eigenvalue weighted by Gasteiger charge is 2.22. The Balaban J connectivity index is 2.18. The summed E-state index contributed by atoms with van der Waals surface area (Å²) in [6.45, 7) is 1.94. The number of pyridine rings is 1. The van der Waals surface area contributed by atoms with Crippen molar-refractivity contribution >= 4 is 29.4 Å². The Morgan fingerprint density at radius 2 is 2.25 bits per heavy atom. The minimum Gasteiger partial charge on any atom is -0.338 e. The monoisotopic (exact) mass is 267 g/mol. The zero-order valence-corrected chi connectivity index (χ0v) is 11.0. The molecule has 0 spiro atoms. The molecule has 2 heterocycles. The van der Waals surface area contributed by atoms with E-state index in [-0.39, 0.29) is 5.91 Å². The predicted molar refractivity (Wildman–Crippen MR) is 76.2 cm³/mol. The van der Waals surface area contributed by atoms with Crippen molar-refractivity contribution in [1.82, 2.24) is 4.98 Å². The van der Waals surface area contributed by atoms with Crippen LogP contribution in [0.1, 0.15) is 22.8 Å². The van der Waals surface area contributed by atoms with Crippen molar-refractivity contribution in [3.63, 3.8) is 0 Å². The number of hydrogen-bond donors (Lipinski definition) is 1. The fourth-order valence-corrected chi connectivity index (χ4v) is 2.29. The van der Waals surface area contributed by atoms with E-state index in [1.807, 2.05) is 12.1 Å². The quantitative estimate of drug-likeness (QED) is 0.806. The second-order valence-electron chi connectivity index (χ2n) is 4.64. The van der Waals surface area contributed by atoms with E-state index >= 15 is 0 Å². The van der Waals surface area contributed by atoms with Gasteiger partial charge in [-0.1, -0.05) is 6.07 Å². The van der Waals surface area contributed by atoms with Crippen molar-refractivity contribution in [2.24, 2.45) is 0 Å². The summed E-state index contributed by atoms with van der Waals surface area (Å²) in [6.07, 6.45) is 2.48. The first-order valence-electron chi connectivity index (χ1n) is 6.27. The van der Waals surface area contributed by atoms with Crippen molar-refractivity contribution < 1.29 is 9.59 Å². The number of benzene rings is 1. The average molecular weight is 267 g/mol. The van der Waals surface area contributed by atoms with Crippen molar-refractivity contribution in [1.29, 1.82) is 0 Å². The lowest BCUT2D eigenvalue weighted by Crippen LogP contribution is -2.27. The minimum absolute atomic E-state index is 0.0761. The van der Waals surface area contributed by atoms with Gasteiger partial charge in [-0.3, -0.25) is 9.59 Å². The summed E-state index contributed by atoms with van der Waals surface area (Å²) >= 11 is 0. The third-order valence-electron chi connectivity index (χ3n) is 3.30. The number of anilines is 3. The van der Waals surface area contributed by atoms with Gasteiger partial charge in [0.05, 0.1) is 17.9 Å². The van der Waals surface area contributed by atoms with E-state index in [0.29, 0.717) is 17.8 Å². The maximum absolute atomic E-state index is 11.9. The number of carbonyl (C=O) groups is 2. The third kappa shape index (κ3) is 2.03. The Hall–Kier alpha value is -2.69. The number of fused-ring (bicyclic) bond motifs is 2. The summed E-state index contributed by atoms with van der Waals surface area (Å²) in [6, 6.07) is 8.98. The molecule has 1 aliphatic rings. The van der Waals surface area contributed by atoms with E-state index in [2.05, 4.69) is 10.3 Å². The SMILES string of the molecule is CC(=O)N1Cc2cccnc2Nc2ccc(C=O)cc21. The van der Waals surface area contributed by atoms with Crippen molar-refractivity contribution in [2.45, 2.75) is 13.5 Å². The molecule has 1 aromatic carbocycles. The fourth-order valence-electron chi connectivity index (χ4n) is 2.29. The molecule has 100 valence electrons. The number of nitrogens with zero attached hydrogens (tertiary/aromatic N) is 2. The first-order chi connectivity index (χ1) is 9.69. The molecule has 5 heteroatoms. The van der Waals surface area contributed by atoms with E-state index in [1.54, 1.807) is 29.3 Å². The molecule has 0 unspecified atom stereocenters. The first-order valence-corrected chi connectivity index (χ1v) is 6.27. The van der Waals surface area contributed by atoms with Crippen LogP contribution in [0.4, 0.5) is 17.2 Å². The Labute approximate surface area is 116 Å². The molecular formula is C15H13N3O2. The summed E-state index contributed by atoms with van der Waals surface area (Å²) in [7, 11) is 0. The predicted octanol–water partition coefficient (Wildman–Crippen LogP) is 2.50. The molecule has 1 amide bonds. The first kappa shape index (κ1) is 12.3. The Morgan fingerprint density at radius 3 is 3.00 bits per heavy atom. The number of carbonyl (C=O) groups excluding carboxylic acids is 2. The zero-order valence-electron chi connectivity index (χ0n) is 11.0. The van der Waals surface area contributed by atoms with Gasteiger partial charge in [0.2, 0.25) is 5.91 Å². The molecule has 5 nitrogen and oxygen atoms in total. The fraction of sp³-hybridized carbons (Fsp3) is 0.133. The van der Waals surface area contributed by atoms with E-state index in [9.17, 15) is 9.59 Å². The molecule has 0 aliphatic carbocycles. The number of amides is 1. The van der Waals surface area contributed by atoms with Crippen LogP contribution in [-0.2, 0) is 11.3 Å². The van der Waals surface area contributed by atoms with Gasteiger partial charge in [-0.05, 0) is 24.3 Å². The van der Waals surface area contributed by atoms with Crippen LogP contribution in [0.2, 0.25) is 0 Å². The van der Waals surface area contributed by atoms with E-state index in [0.717, 1.165) is 23.4 Å². The largest absolute Gasteiger partial charge is 0.338 e. The van der Waals surface area contributed by atoms with Gasteiger partial charge in [-0.25, -0.2) is 4.98 Å². The van der Waals surface area contributed by atoms with Crippen LogP contribution < -0.4 is 10.2 Å². The van der Waals surface area contributed by atoms with Crippen LogP contribution in [0.5, 0.6) is 0 Å². The summed E-state index contributed by atoms with van der Waals surface area (Å²) in [5, 5.41) is 3.22. The molecule has 1 N–H and O–H groups in total. The van der Waals surface area contributed by atoms with E-state index < -0.39 is 0 Å². The molecule has 2 aromatic rings. The van der Waals surface area contributed by atoms with Gasteiger partial charge >= 0.3 is 0 Å². The summed E-state index contributed by atoms with van der Waals surface area (Å²) in [4.78, 5) is 28.8. The summed E-state index contributed by atoms with van der Waals surface area (Å²) in [5.41, 5.74) is 2.94. The summed E-state index contributed by atoms with van der Waals surface area (Å²) < 4.78 is 0. The van der Waals surface area contributed by atoms with E-state index in [4.69, 9.17) is 0 Å². The van der Waals surface area contributed by atoms with Gasteiger partial charge in [0.25, 0.3) is 0 Å². The van der Waals surface area contributed by atoms with Gasteiger partial charge in [-0.15, -0.1) is 0 Å². The van der Waals surface area contributed by atoms with Crippen LogP contribution in [0.15, 0.2) is 36.5 Å². The van der Waals surface area contributed by atoms with Crippen molar-refractivity contribution in [2.75, 3.05) is 10.2 Å². The van der Waals surface area contributed by atoms with Crippen LogP contribution in [0.25, 0.3) is 0 Å². The maximum atomic E-state index is 11.9. The number of hydrogen-bond acceptors (Lipinski definition) is 4. The lowest BCUT2D eigenvalue weighted by atomic mass is 10.1. The normalized spacial score (nSPS) is 12.8. The van der Waals surface area contributed by atoms with Crippen LogP contribution in [-0.4, -0.2) is 17.2 Å². The van der Waals surface area contributed by atoms with Gasteiger partial charge in [0.15, 0.2) is 0 Å².